The molecular formula is C33H64O5Si2. The number of allylic oxidation sites excluding steroid dienone is 1. The van der Waals surface area contributed by atoms with E-state index in [1.165, 1.54) is 5.57 Å². The number of hydrogen-bond acceptors (Lipinski definition) is 5. The molecule has 0 bridgehead atoms. The number of carbonyl (C=O) groups excluding carboxylic acids is 1. The van der Waals surface area contributed by atoms with E-state index in [1.54, 1.807) is 0 Å². The van der Waals surface area contributed by atoms with E-state index < -0.39 is 22.2 Å². The lowest BCUT2D eigenvalue weighted by molar-refractivity contribution is -0.154. The Labute approximate surface area is 250 Å². The second-order valence-corrected chi connectivity index (χ2v) is 25.5. The van der Waals surface area contributed by atoms with Gasteiger partial charge in [0.05, 0.1) is 12.2 Å². The van der Waals surface area contributed by atoms with Gasteiger partial charge in [-0.2, -0.15) is 0 Å². The molecule has 0 aromatic rings. The summed E-state index contributed by atoms with van der Waals surface area (Å²) >= 11 is 0. The van der Waals surface area contributed by atoms with E-state index in [0.29, 0.717) is 18.9 Å². The minimum atomic E-state index is -1.99. The van der Waals surface area contributed by atoms with Crippen molar-refractivity contribution < 1.29 is 23.1 Å². The Morgan fingerprint density at radius 2 is 1.50 bits per heavy atom. The number of unbranched alkanes of at least 4 members (excludes halogenated alkanes) is 1. The standard InChI is InChI=1S/C33H64O5Si2/c1-25(18-16-17-19-29(34)37-31(3,4)5)24-26(2)30-28(38-40(14,15)33(9,10)11)21-20-27(36-30)22-23-35-39(12,13)32(6,7)8/h20-21,24-25,27-28,30H,16-19,22-23H2,1-15H3/b26-24+/t25-,27-,28-,30+/m1/s1. The highest BCUT2D eigenvalue weighted by Crippen LogP contribution is 2.40. The fourth-order valence-electron chi connectivity index (χ4n) is 4.20. The molecule has 0 fully saturated rings. The van der Waals surface area contributed by atoms with Crippen molar-refractivity contribution in [1.82, 2.24) is 0 Å². The summed E-state index contributed by atoms with van der Waals surface area (Å²) < 4.78 is 25.5. The van der Waals surface area contributed by atoms with Gasteiger partial charge >= 0.3 is 5.97 Å². The van der Waals surface area contributed by atoms with Gasteiger partial charge < -0.3 is 18.3 Å². The van der Waals surface area contributed by atoms with Crippen LogP contribution in [0.5, 0.6) is 0 Å². The van der Waals surface area contributed by atoms with Gasteiger partial charge in [-0.05, 0) is 94.7 Å². The largest absolute Gasteiger partial charge is 0.460 e. The van der Waals surface area contributed by atoms with Crippen LogP contribution in [-0.2, 0) is 23.1 Å². The van der Waals surface area contributed by atoms with Crippen molar-refractivity contribution in [3.8, 4) is 0 Å². The maximum Gasteiger partial charge on any atom is 0.306 e. The Kier molecular flexibility index (Phi) is 13.6. The van der Waals surface area contributed by atoms with Crippen LogP contribution in [0.15, 0.2) is 23.8 Å². The summed E-state index contributed by atoms with van der Waals surface area (Å²) in [6.07, 6.45) is 10.8. The van der Waals surface area contributed by atoms with Crippen molar-refractivity contribution in [2.45, 2.75) is 168 Å². The summed E-state index contributed by atoms with van der Waals surface area (Å²) in [7, 11) is -3.78. The number of hydrogen-bond donors (Lipinski definition) is 0. The first-order valence-electron chi connectivity index (χ1n) is 15.5. The summed E-state index contributed by atoms with van der Waals surface area (Å²) in [5.74, 6) is 0.283. The Bertz CT molecular complexity index is 856. The van der Waals surface area contributed by atoms with E-state index in [-0.39, 0.29) is 34.4 Å². The minimum Gasteiger partial charge on any atom is -0.460 e. The van der Waals surface area contributed by atoms with Gasteiger partial charge in [0.2, 0.25) is 0 Å². The third-order valence-corrected chi connectivity index (χ3v) is 17.8. The highest BCUT2D eigenvalue weighted by molar-refractivity contribution is 6.74. The molecule has 40 heavy (non-hydrogen) atoms. The van der Waals surface area contributed by atoms with Crippen LogP contribution in [0.2, 0.25) is 36.3 Å². The van der Waals surface area contributed by atoms with Crippen LogP contribution in [0.4, 0.5) is 0 Å². The molecular weight excluding hydrogens is 533 g/mol. The van der Waals surface area contributed by atoms with Gasteiger partial charge in [-0.1, -0.05) is 73.1 Å². The highest BCUT2D eigenvalue weighted by atomic mass is 28.4. The highest BCUT2D eigenvalue weighted by Gasteiger charge is 2.42. The third kappa shape index (κ3) is 12.6. The second kappa shape index (κ2) is 14.6. The molecule has 0 saturated carbocycles. The van der Waals surface area contributed by atoms with Gasteiger partial charge in [-0.3, -0.25) is 4.79 Å². The predicted molar refractivity (Wildman–Crippen MR) is 175 cm³/mol. The molecule has 0 N–H and O–H groups in total. The van der Waals surface area contributed by atoms with Crippen LogP contribution in [-0.4, -0.2) is 53.1 Å². The van der Waals surface area contributed by atoms with E-state index in [1.807, 2.05) is 20.8 Å². The predicted octanol–water partition coefficient (Wildman–Crippen LogP) is 9.60. The van der Waals surface area contributed by atoms with Gasteiger partial charge in [-0.15, -0.1) is 0 Å². The van der Waals surface area contributed by atoms with Crippen LogP contribution in [0.3, 0.4) is 0 Å². The molecule has 0 aromatic carbocycles. The van der Waals surface area contributed by atoms with Gasteiger partial charge in [0.1, 0.15) is 11.7 Å². The lowest BCUT2D eigenvalue weighted by atomic mass is 9.95. The molecule has 0 spiro atoms. The Morgan fingerprint density at radius 1 is 0.925 bits per heavy atom. The van der Waals surface area contributed by atoms with Gasteiger partial charge in [0, 0.05) is 13.0 Å². The molecule has 0 radical (unpaired) electrons. The van der Waals surface area contributed by atoms with Crippen LogP contribution in [0.1, 0.15) is 108 Å². The molecule has 0 aliphatic carbocycles. The average Bonchev–Trinajstić information content (AvgIpc) is 2.74. The van der Waals surface area contributed by atoms with Crippen molar-refractivity contribution in [2.24, 2.45) is 5.92 Å². The van der Waals surface area contributed by atoms with Crippen LogP contribution in [0.25, 0.3) is 0 Å². The number of ether oxygens (including phenoxy) is 2. The van der Waals surface area contributed by atoms with E-state index >= 15 is 0 Å². The molecule has 5 nitrogen and oxygen atoms in total. The first-order chi connectivity index (χ1) is 18.0. The maximum absolute atomic E-state index is 12.0. The molecule has 0 aromatic heterocycles. The SMILES string of the molecule is C/C(=C\[C@H](C)CCCCC(=O)OC(C)(C)C)[C@@H]1O[C@@H](CCO[Si](C)(C)C(C)(C)C)C=C[C@H]1O[Si](C)(C)C(C)(C)C. The first-order valence-corrected chi connectivity index (χ1v) is 21.3. The van der Waals surface area contributed by atoms with E-state index in [4.69, 9.17) is 18.3 Å². The lowest BCUT2D eigenvalue weighted by Crippen LogP contribution is -2.49. The molecule has 1 rings (SSSR count). The number of carbonyl (C=O) groups is 1. The molecule has 1 aliphatic rings. The van der Waals surface area contributed by atoms with Crippen molar-refractivity contribution in [3.63, 3.8) is 0 Å². The monoisotopic (exact) mass is 596 g/mol. The zero-order chi connectivity index (χ0) is 31.2. The minimum absolute atomic E-state index is 0.0153. The Morgan fingerprint density at radius 3 is 2.02 bits per heavy atom. The average molecular weight is 597 g/mol. The fourth-order valence-corrected chi connectivity index (χ4v) is 6.49. The van der Waals surface area contributed by atoms with Crippen molar-refractivity contribution in [2.75, 3.05) is 6.61 Å². The van der Waals surface area contributed by atoms with Crippen LogP contribution < -0.4 is 0 Å². The van der Waals surface area contributed by atoms with Gasteiger partial charge in [0.15, 0.2) is 16.6 Å². The molecule has 0 unspecified atom stereocenters. The molecule has 0 saturated heterocycles. The molecule has 0 amide bonds. The van der Waals surface area contributed by atoms with Gasteiger partial charge in [0.25, 0.3) is 0 Å². The molecule has 234 valence electrons. The van der Waals surface area contributed by atoms with E-state index in [9.17, 15) is 4.79 Å². The maximum atomic E-state index is 12.0. The normalized spacial score (nSPS) is 22.4. The zero-order valence-corrected chi connectivity index (χ0v) is 30.8. The molecule has 4 atom stereocenters. The molecule has 7 heteroatoms. The summed E-state index contributed by atoms with van der Waals surface area (Å²) in [5.41, 5.74) is 0.805. The summed E-state index contributed by atoms with van der Waals surface area (Å²) in [4.78, 5) is 12.0. The molecule has 1 aliphatic heterocycles. The third-order valence-electron chi connectivity index (χ3n) is 8.75. The topological polar surface area (TPSA) is 54.0 Å². The van der Waals surface area contributed by atoms with Crippen LogP contribution >= 0.6 is 0 Å². The second-order valence-electron chi connectivity index (χ2n) is 15.9. The smallest absolute Gasteiger partial charge is 0.306 e. The molecule has 1 heterocycles. The van der Waals surface area contributed by atoms with E-state index in [0.717, 1.165) is 25.7 Å². The van der Waals surface area contributed by atoms with Crippen molar-refractivity contribution >= 4 is 22.6 Å². The lowest BCUT2D eigenvalue weighted by Gasteiger charge is -2.43. The first kappa shape index (κ1) is 37.3. The van der Waals surface area contributed by atoms with Crippen LogP contribution in [0, 0.1) is 5.92 Å². The van der Waals surface area contributed by atoms with Crippen molar-refractivity contribution in [3.05, 3.63) is 23.8 Å². The fraction of sp³-hybridized carbons (Fsp3) is 0.848. The van der Waals surface area contributed by atoms with Crippen molar-refractivity contribution in [1.29, 1.82) is 0 Å². The quantitative estimate of drug-likeness (QED) is 0.0917. The number of rotatable bonds is 13. The Balaban J connectivity index is 2.91. The summed E-state index contributed by atoms with van der Waals surface area (Å²) in [6.45, 7) is 33.8. The zero-order valence-electron chi connectivity index (χ0n) is 28.8. The van der Waals surface area contributed by atoms with E-state index in [2.05, 4.69) is 99.8 Å². The number of esters is 1. The summed E-state index contributed by atoms with van der Waals surface area (Å²) in [5, 5.41) is 0.321. The van der Waals surface area contributed by atoms with Gasteiger partial charge in [-0.25, -0.2) is 0 Å². The Hall–Kier alpha value is -0.736. The summed E-state index contributed by atoms with van der Waals surface area (Å²) in [6, 6.07) is 0.